The minimum Gasteiger partial charge on any atom is -0.422 e. The number of fused-ring (bicyclic) bond motifs is 3. The van der Waals surface area contributed by atoms with Crippen LogP contribution in [0.1, 0.15) is 5.56 Å². The number of hydrogen-bond acceptors (Lipinski definition) is 3. The number of rotatable bonds is 0. The average molecular weight is 227 g/mol. The number of nitrogens with two attached hydrogens (primary N) is 1. The Balaban J connectivity index is 2.75. The number of nitrogens with one attached hydrogen (secondary N) is 1. The summed E-state index contributed by atoms with van der Waals surface area (Å²) in [5, 5.41) is 2.18. The number of H-pyrrole nitrogens is 1. The molecule has 0 aliphatic carbocycles. The number of aromatic nitrogens is 1. The number of pyridine rings is 1. The minimum atomic E-state index is -0.406. The molecule has 1 aromatic carbocycles. The van der Waals surface area contributed by atoms with E-state index < -0.39 is 5.63 Å². The Bertz CT molecular complexity index is 790. The van der Waals surface area contributed by atoms with Crippen molar-refractivity contribution in [2.75, 3.05) is 5.73 Å². The van der Waals surface area contributed by atoms with Crippen LogP contribution < -0.4 is 16.3 Å². The highest BCUT2D eigenvalue weighted by Crippen LogP contribution is 2.26. The predicted octanol–water partition coefficient (Wildman–Crippen LogP) is 1.65. The van der Waals surface area contributed by atoms with E-state index in [0.29, 0.717) is 16.8 Å². The summed E-state index contributed by atoms with van der Waals surface area (Å²) in [6, 6.07) is 7.45. The van der Waals surface area contributed by atoms with Gasteiger partial charge in [-0.25, -0.2) is 9.78 Å². The molecule has 0 bridgehead atoms. The van der Waals surface area contributed by atoms with Crippen molar-refractivity contribution in [2.24, 2.45) is 0 Å². The topological polar surface area (TPSA) is 70.4 Å². The molecule has 0 radical (unpaired) electrons. The van der Waals surface area contributed by atoms with E-state index in [-0.39, 0.29) is 0 Å². The lowest BCUT2D eigenvalue weighted by Gasteiger charge is -2.04. The van der Waals surface area contributed by atoms with Crippen LogP contribution in [0.3, 0.4) is 0 Å². The van der Waals surface area contributed by atoms with Crippen molar-refractivity contribution < 1.29 is 9.40 Å². The molecule has 0 aliphatic heterocycles. The number of nitrogen functional groups attached to an aromatic ring is 1. The van der Waals surface area contributed by atoms with Crippen molar-refractivity contribution in [3.63, 3.8) is 0 Å². The summed E-state index contributed by atoms with van der Waals surface area (Å²) in [6.07, 6.45) is 1.80. The van der Waals surface area contributed by atoms with E-state index in [9.17, 15) is 4.79 Å². The number of aromatic amines is 1. The normalized spacial score (nSPS) is 11.1. The van der Waals surface area contributed by atoms with Crippen molar-refractivity contribution >= 4 is 27.6 Å². The van der Waals surface area contributed by atoms with Crippen molar-refractivity contribution in [3.8, 4) is 0 Å². The highest BCUT2D eigenvalue weighted by Gasteiger charge is 2.15. The molecule has 17 heavy (non-hydrogen) atoms. The lowest BCUT2D eigenvalue weighted by Crippen LogP contribution is -2.15. The first-order valence-electron chi connectivity index (χ1n) is 5.31. The van der Waals surface area contributed by atoms with Gasteiger partial charge in [0.15, 0.2) is 5.39 Å². The van der Waals surface area contributed by atoms with Crippen molar-refractivity contribution in [1.82, 2.24) is 0 Å². The van der Waals surface area contributed by atoms with Crippen LogP contribution >= 0.6 is 0 Å². The molecule has 84 valence electrons. The highest BCUT2D eigenvalue weighted by molar-refractivity contribution is 6.08. The van der Waals surface area contributed by atoms with Gasteiger partial charge in [-0.2, -0.15) is 0 Å². The zero-order chi connectivity index (χ0) is 12.0. The SMILES string of the molecule is Cc1c[nH+]c(N)c2c(=O)oc3ccccc3c12. The summed E-state index contributed by atoms with van der Waals surface area (Å²) in [7, 11) is 0. The van der Waals surface area contributed by atoms with Crippen LogP contribution in [-0.4, -0.2) is 0 Å². The van der Waals surface area contributed by atoms with E-state index in [4.69, 9.17) is 10.2 Å². The van der Waals surface area contributed by atoms with Gasteiger partial charge >= 0.3 is 5.63 Å². The molecule has 0 atom stereocenters. The number of para-hydroxylation sites is 1. The summed E-state index contributed by atoms with van der Waals surface area (Å²) in [5.41, 5.74) is 6.95. The third-order valence-corrected chi connectivity index (χ3v) is 2.92. The van der Waals surface area contributed by atoms with Crippen LogP contribution in [0.2, 0.25) is 0 Å². The maximum absolute atomic E-state index is 11.9. The lowest BCUT2D eigenvalue weighted by molar-refractivity contribution is -0.359. The Hall–Kier alpha value is -2.36. The number of aryl methyl sites for hydroxylation is 1. The van der Waals surface area contributed by atoms with E-state index in [2.05, 4.69) is 4.98 Å². The Morgan fingerprint density at radius 1 is 1.24 bits per heavy atom. The van der Waals surface area contributed by atoms with Gasteiger partial charge in [0.25, 0.3) is 5.82 Å². The predicted molar refractivity (Wildman–Crippen MR) is 65.7 cm³/mol. The lowest BCUT2D eigenvalue weighted by atomic mass is 10.1. The second-order valence-electron chi connectivity index (χ2n) is 4.02. The zero-order valence-corrected chi connectivity index (χ0v) is 9.28. The van der Waals surface area contributed by atoms with Crippen molar-refractivity contribution in [3.05, 3.63) is 46.4 Å². The molecule has 4 nitrogen and oxygen atoms in total. The molecule has 3 N–H and O–H groups in total. The fraction of sp³-hybridized carbons (Fsp3) is 0.0769. The smallest absolute Gasteiger partial charge is 0.352 e. The molecule has 0 saturated carbocycles. The van der Waals surface area contributed by atoms with E-state index in [0.717, 1.165) is 16.3 Å². The average Bonchev–Trinajstić information content (AvgIpc) is 2.33. The number of anilines is 1. The van der Waals surface area contributed by atoms with Gasteiger partial charge in [0.2, 0.25) is 0 Å². The summed E-state index contributed by atoms with van der Waals surface area (Å²) in [4.78, 5) is 14.8. The molecule has 4 heteroatoms. The van der Waals surface area contributed by atoms with Gasteiger partial charge in [0.1, 0.15) is 5.58 Å². The first kappa shape index (κ1) is 9.84. The second kappa shape index (κ2) is 3.31. The van der Waals surface area contributed by atoms with Crippen LogP contribution in [0.15, 0.2) is 39.7 Å². The highest BCUT2D eigenvalue weighted by atomic mass is 16.4. The quantitative estimate of drug-likeness (QED) is 0.469. The molecule has 3 aromatic rings. The molecule has 0 saturated heterocycles. The Morgan fingerprint density at radius 3 is 2.82 bits per heavy atom. The first-order valence-corrected chi connectivity index (χ1v) is 5.31. The van der Waals surface area contributed by atoms with E-state index in [1.54, 1.807) is 12.3 Å². The standard InChI is InChI=1S/C13H10N2O2/c1-7-6-15-12(14)11-10(7)8-4-2-3-5-9(8)17-13(11)16/h2-6H,1H3,(H2,14,15)/p+1. The van der Waals surface area contributed by atoms with Crippen LogP contribution in [0, 0.1) is 6.92 Å². The zero-order valence-electron chi connectivity index (χ0n) is 9.28. The van der Waals surface area contributed by atoms with Crippen LogP contribution in [-0.2, 0) is 0 Å². The van der Waals surface area contributed by atoms with Crippen LogP contribution in [0.5, 0.6) is 0 Å². The Morgan fingerprint density at radius 2 is 2.00 bits per heavy atom. The van der Waals surface area contributed by atoms with Gasteiger partial charge < -0.3 is 4.42 Å². The molecule has 2 aromatic heterocycles. The number of hydrogen-bond donors (Lipinski definition) is 1. The van der Waals surface area contributed by atoms with Crippen molar-refractivity contribution in [1.29, 1.82) is 0 Å². The Kier molecular flexibility index (Phi) is 1.92. The van der Waals surface area contributed by atoms with Crippen LogP contribution in [0.4, 0.5) is 5.82 Å². The molecule has 0 spiro atoms. The maximum Gasteiger partial charge on any atom is 0.352 e. The van der Waals surface area contributed by atoms with Crippen molar-refractivity contribution in [2.45, 2.75) is 6.92 Å². The third-order valence-electron chi connectivity index (χ3n) is 2.92. The molecule has 0 aliphatic rings. The van der Waals surface area contributed by atoms with Gasteiger partial charge in [-0.15, -0.1) is 0 Å². The van der Waals surface area contributed by atoms with Crippen LogP contribution in [0.25, 0.3) is 21.7 Å². The number of benzene rings is 1. The monoisotopic (exact) mass is 227 g/mol. The minimum absolute atomic E-state index is 0.338. The van der Waals surface area contributed by atoms with Gasteiger partial charge in [-0.1, -0.05) is 18.2 Å². The summed E-state index contributed by atoms with van der Waals surface area (Å²) in [5.74, 6) is 0.338. The molecule has 3 rings (SSSR count). The molecular formula is C13H11N2O2+. The summed E-state index contributed by atoms with van der Waals surface area (Å²) >= 11 is 0. The van der Waals surface area contributed by atoms with Gasteiger partial charge in [-0.05, 0) is 18.6 Å². The largest absolute Gasteiger partial charge is 0.422 e. The fourth-order valence-electron chi connectivity index (χ4n) is 2.13. The molecule has 0 unspecified atom stereocenters. The van der Waals surface area contributed by atoms with E-state index in [1.165, 1.54) is 0 Å². The van der Waals surface area contributed by atoms with E-state index >= 15 is 0 Å². The van der Waals surface area contributed by atoms with E-state index in [1.807, 2.05) is 25.1 Å². The molecule has 2 heterocycles. The van der Waals surface area contributed by atoms with Gasteiger partial charge in [0.05, 0.1) is 6.20 Å². The molecule has 0 fully saturated rings. The van der Waals surface area contributed by atoms with Gasteiger partial charge in [0, 0.05) is 10.8 Å². The summed E-state index contributed by atoms with van der Waals surface area (Å²) in [6.45, 7) is 1.93. The third kappa shape index (κ3) is 1.30. The van der Waals surface area contributed by atoms with Gasteiger partial charge in [-0.3, -0.25) is 5.73 Å². The first-order chi connectivity index (χ1) is 8.18. The second-order valence-corrected chi connectivity index (χ2v) is 4.02. The molecule has 0 amide bonds. The molecular weight excluding hydrogens is 216 g/mol. The maximum atomic E-state index is 11.9. The Labute approximate surface area is 96.7 Å². The summed E-state index contributed by atoms with van der Waals surface area (Å²) < 4.78 is 5.26. The fourth-order valence-corrected chi connectivity index (χ4v) is 2.13.